The molecule has 0 aromatic heterocycles. The van der Waals surface area contributed by atoms with Gasteiger partial charge >= 0.3 is 28.3 Å². The number of rotatable bonds is 13. The Labute approximate surface area is 177 Å². The molecule has 0 bridgehead atoms. The number of ketones is 1. The predicted octanol–water partition coefficient (Wildman–Crippen LogP) is -0.116. The van der Waals surface area contributed by atoms with E-state index in [0.29, 0.717) is 0 Å². The van der Waals surface area contributed by atoms with E-state index in [4.69, 9.17) is 13.5 Å². The molecule has 0 saturated heterocycles. The van der Waals surface area contributed by atoms with E-state index in [1.54, 1.807) is 0 Å². The molecular weight excluding hydrogens is 484 g/mol. The SMILES string of the molecule is CC(=O)CCC(=O)OCC(COO)[N-]C(=O)C[N-]C(=O)C[N-]C(=O)C[S-].[O]=[Tc+4]. The van der Waals surface area contributed by atoms with Gasteiger partial charge < -0.3 is 52.5 Å². The fourth-order valence-electron chi connectivity index (χ4n) is 1.40. The Balaban J connectivity index is 0. The van der Waals surface area contributed by atoms with E-state index < -0.39 is 49.4 Å². The van der Waals surface area contributed by atoms with E-state index in [1.807, 2.05) is 0 Å². The first kappa shape index (κ1) is 28.5. The number of Topliss-reactive ketones (excluding diaryl/α,β-unsaturated/α-hetero) is 1. The number of hydrogen-bond donors (Lipinski definition) is 1. The Bertz CT molecular complexity index is 536. The maximum absolute atomic E-state index is 11.6. The minimum absolute atomic E-state index is 0.0239. The zero-order valence-corrected chi connectivity index (χ0v) is 17.5. The Kier molecular flexibility index (Phi) is 18.9. The summed E-state index contributed by atoms with van der Waals surface area (Å²) >= 11 is 5.34. The summed E-state index contributed by atoms with van der Waals surface area (Å²) < 4.78 is 13.0. The molecule has 1 atom stereocenters. The van der Waals surface area contributed by atoms with Crippen molar-refractivity contribution in [2.45, 2.75) is 25.8 Å². The van der Waals surface area contributed by atoms with Crippen LogP contribution < -0.4 is 0 Å². The molecule has 0 aromatic rings. The molecule has 0 spiro atoms. The number of hydrogen-bond acceptors (Lipinski definition) is 10. The molecule has 0 saturated carbocycles. The summed E-state index contributed by atoms with van der Waals surface area (Å²) in [5.74, 6) is -3.35. The van der Waals surface area contributed by atoms with E-state index in [-0.39, 0.29) is 31.0 Å². The van der Waals surface area contributed by atoms with Gasteiger partial charge in [0.25, 0.3) is 0 Å². The molecule has 0 rings (SSSR count). The van der Waals surface area contributed by atoms with E-state index >= 15 is 0 Å². The first-order valence-corrected chi connectivity index (χ1v) is 8.91. The third kappa shape index (κ3) is 17.7. The normalized spacial score (nSPS) is 10.6. The Hall–Kier alpha value is -1.73. The van der Waals surface area contributed by atoms with Crippen molar-refractivity contribution in [1.82, 2.24) is 0 Å². The van der Waals surface area contributed by atoms with Crippen LogP contribution in [-0.4, -0.2) is 72.8 Å². The van der Waals surface area contributed by atoms with Crippen LogP contribution in [0.4, 0.5) is 0 Å². The average Bonchev–Trinajstić information content (AvgIpc) is 2.68. The molecule has 3 amide bonds. The molecule has 1 N–H and O–H groups in total. The number of amides is 3. The van der Waals surface area contributed by atoms with Crippen LogP contribution in [0, 0.1) is 0 Å². The number of nitrogens with zero attached hydrogens (tertiary/aromatic N) is 3. The van der Waals surface area contributed by atoms with E-state index in [9.17, 15) is 24.0 Å². The van der Waals surface area contributed by atoms with Gasteiger partial charge in [-0.15, -0.1) is 5.75 Å². The summed E-state index contributed by atoms with van der Waals surface area (Å²) in [5.41, 5.74) is 0. The van der Waals surface area contributed by atoms with Crippen molar-refractivity contribution >= 4 is 42.1 Å². The molecule has 0 aliphatic rings. The first-order chi connectivity index (χ1) is 13.3. The van der Waals surface area contributed by atoms with Crippen LogP contribution in [-0.2, 0) is 68.6 Å². The number of carbonyl (C=O) groups is 5. The molecule has 14 heteroatoms. The molecule has 0 heterocycles. The third-order valence-electron chi connectivity index (χ3n) is 2.62. The van der Waals surface area contributed by atoms with Crippen LogP contribution in [0.25, 0.3) is 16.0 Å². The van der Waals surface area contributed by atoms with Crippen molar-refractivity contribution in [3.8, 4) is 0 Å². The Morgan fingerprint density at radius 1 is 0.964 bits per heavy atom. The van der Waals surface area contributed by atoms with Gasteiger partial charge in [-0.05, 0) is 6.92 Å². The second kappa shape index (κ2) is 18.6. The fraction of sp³-hybridized carbons (Fsp3) is 0.643. The van der Waals surface area contributed by atoms with Gasteiger partial charge in [0.2, 0.25) is 0 Å². The molecule has 0 aromatic carbocycles. The van der Waals surface area contributed by atoms with Crippen LogP contribution in [0.2, 0.25) is 0 Å². The van der Waals surface area contributed by atoms with E-state index in [1.165, 1.54) is 6.92 Å². The topological polar surface area (TPSA) is 183 Å². The fourth-order valence-corrected chi connectivity index (χ4v) is 1.49. The molecule has 0 radical (unpaired) electrons. The van der Waals surface area contributed by atoms with Crippen LogP contribution >= 0.6 is 0 Å². The molecular formula is C14H19N3O9STc. The van der Waals surface area contributed by atoms with E-state index in [2.05, 4.69) is 33.5 Å². The zero-order chi connectivity index (χ0) is 21.9. The van der Waals surface area contributed by atoms with Crippen molar-refractivity contribution in [1.29, 1.82) is 0 Å². The van der Waals surface area contributed by atoms with Crippen LogP contribution in [0.1, 0.15) is 19.8 Å². The second-order valence-electron chi connectivity index (χ2n) is 4.92. The van der Waals surface area contributed by atoms with Gasteiger partial charge in [0.15, 0.2) is 0 Å². The van der Waals surface area contributed by atoms with Crippen molar-refractivity contribution in [3.63, 3.8) is 0 Å². The van der Waals surface area contributed by atoms with Gasteiger partial charge in [-0.3, -0.25) is 10.1 Å². The van der Waals surface area contributed by atoms with Gasteiger partial charge in [-0.2, -0.15) is 0 Å². The summed E-state index contributed by atoms with van der Waals surface area (Å²) in [6, 6.07) is -1.01. The summed E-state index contributed by atoms with van der Waals surface area (Å²) in [5, 5.41) is 18.8. The predicted molar refractivity (Wildman–Crippen MR) is 91.0 cm³/mol. The standard InChI is InChI=1S/C14H23N3O8S.O.Tc/c1-9(18)2-3-14(22)24-6-10(7-25-23)17-12(20)5-15-11(19)4-16-13(21)8-26;;/h10H,2-8H2,1H3,(H5,15,16,17,19,20,21,23,26);;/q;;+4/p-4. The third-order valence-corrected chi connectivity index (χ3v) is 2.86. The monoisotopic (exact) mass is 502 g/mol. The maximum atomic E-state index is 11.6. The molecule has 0 aliphatic carbocycles. The average molecular weight is 503 g/mol. The second-order valence-corrected chi connectivity index (χ2v) is 5.21. The molecule has 28 heavy (non-hydrogen) atoms. The van der Waals surface area contributed by atoms with Crippen molar-refractivity contribution in [2.75, 3.05) is 32.1 Å². The summed E-state index contributed by atoms with van der Waals surface area (Å²) in [6.07, 6.45) is -0.0948. The number of esters is 1. The molecule has 0 aliphatic heterocycles. The van der Waals surface area contributed by atoms with Crippen LogP contribution in [0.15, 0.2) is 0 Å². The zero-order valence-electron chi connectivity index (χ0n) is 14.9. The van der Waals surface area contributed by atoms with Crippen molar-refractivity contribution in [2.24, 2.45) is 0 Å². The Morgan fingerprint density at radius 2 is 1.54 bits per heavy atom. The minimum atomic E-state index is -1.01. The first-order valence-electron chi connectivity index (χ1n) is 7.57. The number of ether oxygens (including phenoxy) is 1. The van der Waals surface area contributed by atoms with Gasteiger partial charge in [0.1, 0.15) is 5.78 Å². The summed E-state index contributed by atoms with van der Waals surface area (Å²) in [6.45, 7) is -0.576. The van der Waals surface area contributed by atoms with Crippen LogP contribution in [0.5, 0.6) is 0 Å². The van der Waals surface area contributed by atoms with Gasteiger partial charge in [0.05, 0.1) is 19.6 Å². The molecule has 12 nitrogen and oxygen atoms in total. The van der Waals surface area contributed by atoms with Gasteiger partial charge in [-0.1, -0.05) is 19.1 Å². The van der Waals surface area contributed by atoms with Gasteiger partial charge in [-0.25, -0.2) is 4.89 Å². The molecule has 0 fully saturated rings. The summed E-state index contributed by atoms with van der Waals surface area (Å²) in [7, 11) is 0. The van der Waals surface area contributed by atoms with E-state index in [0.717, 1.165) is 18.9 Å². The number of carbonyl (C=O) groups excluding carboxylic acids is 5. The Morgan fingerprint density at radius 3 is 2.07 bits per heavy atom. The van der Waals surface area contributed by atoms with Crippen molar-refractivity contribution in [3.05, 3.63) is 16.0 Å². The summed E-state index contributed by atoms with van der Waals surface area (Å²) in [4.78, 5) is 59.8. The quantitative estimate of drug-likeness (QED) is 0.154. The molecule has 1 unspecified atom stereocenters. The molecule has 157 valence electrons. The van der Waals surface area contributed by atoms with Crippen molar-refractivity contribution < 1.29 is 61.2 Å². The van der Waals surface area contributed by atoms with Gasteiger partial charge in [0, 0.05) is 24.1 Å². The van der Waals surface area contributed by atoms with Crippen LogP contribution in [0.3, 0.4) is 0 Å².